The van der Waals surface area contributed by atoms with E-state index in [9.17, 15) is 9.59 Å². The Hall–Kier alpha value is -1.88. The van der Waals surface area contributed by atoms with E-state index in [1.807, 2.05) is 25.1 Å². The number of carboxylic acid groups (broad SMARTS) is 1. The average Bonchev–Trinajstić information content (AvgIpc) is 2.55. The lowest BCUT2D eigenvalue weighted by Gasteiger charge is -2.37. The lowest BCUT2D eigenvalue weighted by atomic mass is 9.99. The molecule has 1 atom stereocenters. The first-order valence-corrected chi connectivity index (χ1v) is 8.40. The summed E-state index contributed by atoms with van der Waals surface area (Å²) in [5, 5.41) is 9.05. The fraction of sp³-hybridized carbons (Fsp3) is 0.556. The molecule has 1 amide bonds. The van der Waals surface area contributed by atoms with Crippen molar-refractivity contribution in [1.29, 1.82) is 0 Å². The number of piperidine rings is 1. The van der Waals surface area contributed by atoms with Gasteiger partial charge in [0.2, 0.25) is 5.91 Å². The number of benzene rings is 1. The third kappa shape index (κ3) is 5.06. The maximum atomic E-state index is 12.8. The van der Waals surface area contributed by atoms with Crippen LogP contribution in [0.2, 0.25) is 0 Å². The van der Waals surface area contributed by atoms with Gasteiger partial charge in [-0.25, -0.2) is 0 Å². The summed E-state index contributed by atoms with van der Waals surface area (Å²) in [5.41, 5.74) is 1.19. The topological polar surface area (TPSA) is 60.9 Å². The molecule has 0 bridgehead atoms. The number of carbonyl (C=O) groups is 2. The van der Waals surface area contributed by atoms with Gasteiger partial charge in [-0.2, -0.15) is 0 Å². The van der Waals surface area contributed by atoms with Crippen LogP contribution in [-0.4, -0.2) is 52.5 Å². The van der Waals surface area contributed by atoms with Crippen LogP contribution in [0.15, 0.2) is 30.3 Å². The fourth-order valence-electron chi connectivity index (χ4n) is 3.19. The van der Waals surface area contributed by atoms with Crippen LogP contribution in [0, 0.1) is 0 Å². The van der Waals surface area contributed by atoms with Gasteiger partial charge in [0.1, 0.15) is 6.54 Å². The van der Waals surface area contributed by atoms with Crippen molar-refractivity contribution in [3.63, 3.8) is 0 Å². The Labute approximate surface area is 137 Å². The average molecular weight is 318 g/mol. The Kier molecular flexibility index (Phi) is 6.59. The summed E-state index contributed by atoms with van der Waals surface area (Å²) < 4.78 is 0. The van der Waals surface area contributed by atoms with E-state index in [0.717, 1.165) is 38.8 Å². The molecular formula is C18H26N2O3. The molecule has 1 N–H and O–H groups in total. The summed E-state index contributed by atoms with van der Waals surface area (Å²) in [4.78, 5) is 27.6. The molecule has 1 fully saturated rings. The fourth-order valence-corrected chi connectivity index (χ4v) is 3.19. The highest BCUT2D eigenvalue weighted by molar-refractivity contribution is 5.85. The summed E-state index contributed by atoms with van der Waals surface area (Å²) in [6.45, 7) is 3.89. The number of rotatable bonds is 7. The van der Waals surface area contributed by atoms with Crippen molar-refractivity contribution in [2.24, 2.45) is 0 Å². The maximum absolute atomic E-state index is 12.8. The summed E-state index contributed by atoms with van der Waals surface area (Å²) >= 11 is 0. The van der Waals surface area contributed by atoms with Gasteiger partial charge >= 0.3 is 5.97 Å². The first-order chi connectivity index (χ1) is 11.1. The van der Waals surface area contributed by atoms with E-state index in [4.69, 9.17) is 5.11 Å². The van der Waals surface area contributed by atoms with E-state index in [-0.39, 0.29) is 18.5 Å². The van der Waals surface area contributed by atoms with E-state index in [1.165, 1.54) is 10.5 Å². The molecule has 0 saturated carbocycles. The van der Waals surface area contributed by atoms with E-state index >= 15 is 0 Å². The standard InChI is InChI=1S/C18H26N2O3/c1-2-11-20(14-17(21)22)18(23)16-10-6-7-12-19(16)13-15-8-4-3-5-9-15/h3-5,8-9,16H,2,6-7,10-14H2,1H3,(H,21,22). The maximum Gasteiger partial charge on any atom is 0.323 e. The van der Waals surface area contributed by atoms with Crippen LogP contribution in [0.4, 0.5) is 0 Å². The van der Waals surface area contributed by atoms with Gasteiger partial charge in [0, 0.05) is 13.1 Å². The Morgan fingerprint density at radius 1 is 1.26 bits per heavy atom. The number of likely N-dealkylation sites (tertiary alicyclic amines) is 1. The Bertz CT molecular complexity index is 518. The molecule has 1 unspecified atom stereocenters. The molecule has 5 nitrogen and oxygen atoms in total. The zero-order valence-electron chi connectivity index (χ0n) is 13.8. The van der Waals surface area contributed by atoms with Gasteiger partial charge in [0.05, 0.1) is 6.04 Å². The molecular weight excluding hydrogens is 292 g/mol. The molecule has 0 spiro atoms. The lowest BCUT2D eigenvalue weighted by Crippen LogP contribution is -2.51. The van der Waals surface area contributed by atoms with Crippen LogP contribution >= 0.6 is 0 Å². The molecule has 0 radical (unpaired) electrons. The molecule has 1 saturated heterocycles. The van der Waals surface area contributed by atoms with Crippen molar-refractivity contribution in [3.8, 4) is 0 Å². The zero-order valence-corrected chi connectivity index (χ0v) is 13.8. The second-order valence-electron chi connectivity index (χ2n) is 6.12. The van der Waals surface area contributed by atoms with Gasteiger partial charge in [-0.3, -0.25) is 14.5 Å². The van der Waals surface area contributed by atoms with Crippen molar-refractivity contribution in [1.82, 2.24) is 9.80 Å². The molecule has 1 aromatic rings. The normalized spacial score (nSPS) is 18.6. The Morgan fingerprint density at radius 2 is 2.00 bits per heavy atom. The van der Waals surface area contributed by atoms with Gasteiger partial charge < -0.3 is 10.0 Å². The van der Waals surface area contributed by atoms with Crippen LogP contribution in [0.5, 0.6) is 0 Å². The number of aliphatic carboxylic acids is 1. The lowest BCUT2D eigenvalue weighted by molar-refractivity contribution is -0.147. The molecule has 2 rings (SSSR count). The first-order valence-electron chi connectivity index (χ1n) is 8.40. The minimum atomic E-state index is -0.947. The largest absolute Gasteiger partial charge is 0.480 e. The molecule has 5 heteroatoms. The van der Waals surface area contributed by atoms with Crippen molar-refractivity contribution < 1.29 is 14.7 Å². The monoisotopic (exact) mass is 318 g/mol. The highest BCUT2D eigenvalue weighted by Crippen LogP contribution is 2.21. The Balaban J connectivity index is 2.09. The molecule has 126 valence electrons. The van der Waals surface area contributed by atoms with Crippen molar-refractivity contribution in [3.05, 3.63) is 35.9 Å². The quantitative estimate of drug-likeness (QED) is 0.838. The number of amides is 1. The smallest absolute Gasteiger partial charge is 0.323 e. The van der Waals surface area contributed by atoms with Gasteiger partial charge in [-0.1, -0.05) is 43.7 Å². The number of hydrogen-bond donors (Lipinski definition) is 1. The molecule has 23 heavy (non-hydrogen) atoms. The second kappa shape index (κ2) is 8.67. The van der Waals surface area contributed by atoms with Crippen LogP contribution < -0.4 is 0 Å². The van der Waals surface area contributed by atoms with Crippen LogP contribution in [0.25, 0.3) is 0 Å². The predicted molar refractivity (Wildman–Crippen MR) is 89.0 cm³/mol. The van der Waals surface area contributed by atoms with Gasteiger partial charge in [0.15, 0.2) is 0 Å². The van der Waals surface area contributed by atoms with Gasteiger partial charge in [-0.15, -0.1) is 0 Å². The highest BCUT2D eigenvalue weighted by Gasteiger charge is 2.32. The third-order valence-electron chi connectivity index (χ3n) is 4.26. The van der Waals surface area contributed by atoms with E-state index in [2.05, 4.69) is 17.0 Å². The summed E-state index contributed by atoms with van der Waals surface area (Å²) in [7, 11) is 0. The number of nitrogens with zero attached hydrogens (tertiary/aromatic N) is 2. The Morgan fingerprint density at radius 3 is 2.65 bits per heavy atom. The van der Waals surface area contributed by atoms with Crippen molar-refractivity contribution in [2.75, 3.05) is 19.6 Å². The molecule has 1 heterocycles. The van der Waals surface area contributed by atoms with E-state index in [1.54, 1.807) is 0 Å². The van der Waals surface area contributed by atoms with Crippen LogP contribution in [-0.2, 0) is 16.1 Å². The number of hydrogen-bond acceptors (Lipinski definition) is 3. The van der Waals surface area contributed by atoms with E-state index < -0.39 is 5.97 Å². The summed E-state index contributed by atoms with van der Waals surface area (Å²) in [6.07, 6.45) is 3.69. The zero-order chi connectivity index (χ0) is 16.7. The van der Waals surface area contributed by atoms with E-state index in [0.29, 0.717) is 6.54 Å². The number of carbonyl (C=O) groups excluding carboxylic acids is 1. The SMILES string of the molecule is CCCN(CC(=O)O)C(=O)C1CCCCN1Cc1ccccc1. The number of carboxylic acids is 1. The van der Waals surface area contributed by atoms with Crippen molar-refractivity contribution in [2.45, 2.75) is 45.2 Å². The van der Waals surface area contributed by atoms with Crippen LogP contribution in [0.3, 0.4) is 0 Å². The second-order valence-corrected chi connectivity index (χ2v) is 6.12. The molecule has 1 aliphatic rings. The summed E-state index contributed by atoms with van der Waals surface area (Å²) in [6, 6.07) is 9.93. The summed E-state index contributed by atoms with van der Waals surface area (Å²) in [5.74, 6) is -0.984. The molecule has 1 aromatic carbocycles. The first kappa shape index (κ1) is 17.5. The minimum absolute atomic E-state index is 0.0371. The van der Waals surface area contributed by atoms with Crippen LogP contribution in [0.1, 0.15) is 38.2 Å². The molecule has 1 aliphatic heterocycles. The highest BCUT2D eigenvalue weighted by atomic mass is 16.4. The van der Waals surface area contributed by atoms with Gasteiger partial charge in [0.25, 0.3) is 0 Å². The van der Waals surface area contributed by atoms with Gasteiger partial charge in [-0.05, 0) is 31.4 Å². The predicted octanol–water partition coefficient (Wildman–Crippen LogP) is 2.36. The minimum Gasteiger partial charge on any atom is -0.480 e. The van der Waals surface area contributed by atoms with Crippen molar-refractivity contribution >= 4 is 11.9 Å². The molecule has 0 aromatic heterocycles. The molecule has 0 aliphatic carbocycles. The third-order valence-corrected chi connectivity index (χ3v) is 4.26.